The molecule has 0 aromatic heterocycles. The topological polar surface area (TPSA) is 40.5 Å². The van der Waals surface area contributed by atoms with Crippen LogP contribution in [0.3, 0.4) is 0 Å². The second-order valence-corrected chi connectivity index (χ2v) is 4.17. The van der Waals surface area contributed by atoms with Crippen molar-refractivity contribution in [2.24, 2.45) is 0 Å². The lowest BCUT2D eigenvalue weighted by atomic mass is 9.95. The fraction of sp³-hybridized carbons (Fsp3) is 0.538. The molecule has 1 aromatic carbocycles. The standard InChI is InChI=1S/C13H20O2/c1-9-7-11(3)12(8-10(9)2)13(15)5-4-6-14/h7-8,13-15H,4-6H2,1-3H3. The van der Waals surface area contributed by atoms with Crippen molar-refractivity contribution in [2.75, 3.05) is 6.61 Å². The van der Waals surface area contributed by atoms with Crippen LogP contribution >= 0.6 is 0 Å². The monoisotopic (exact) mass is 208 g/mol. The minimum Gasteiger partial charge on any atom is -0.396 e. The molecule has 1 rings (SSSR count). The smallest absolute Gasteiger partial charge is 0.0793 e. The van der Waals surface area contributed by atoms with Crippen molar-refractivity contribution in [3.63, 3.8) is 0 Å². The van der Waals surface area contributed by atoms with Gasteiger partial charge in [-0.25, -0.2) is 0 Å². The van der Waals surface area contributed by atoms with Gasteiger partial charge in [-0.3, -0.25) is 0 Å². The molecule has 0 saturated carbocycles. The molecule has 1 unspecified atom stereocenters. The van der Waals surface area contributed by atoms with Gasteiger partial charge in [0, 0.05) is 6.61 Å². The third-order valence-electron chi connectivity index (χ3n) is 2.88. The van der Waals surface area contributed by atoms with Gasteiger partial charge in [-0.05, 0) is 55.9 Å². The largest absolute Gasteiger partial charge is 0.396 e. The summed E-state index contributed by atoms with van der Waals surface area (Å²) in [5.41, 5.74) is 4.58. The maximum Gasteiger partial charge on any atom is 0.0793 e. The summed E-state index contributed by atoms with van der Waals surface area (Å²) in [6.07, 6.45) is 0.823. The van der Waals surface area contributed by atoms with Crippen LogP contribution in [0.2, 0.25) is 0 Å². The number of benzene rings is 1. The predicted octanol–water partition coefficient (Wildman–Crippen LogP) is 2.42. The molecule has 15 heavy (non-hydrogen) atoms. The highest BCUT2D eigenvalue weighted by Crippen LogP contribution is 2.24. The van der Waals surface area contributed by atoms with Crippen LogP contribution in [0.1, 0.15) is 41.2 Å². The molecule has 0 heterocycles. The molecule has 0 aliphatic carbocycles. The molecule has 0 fully saturated rings. The molecule has 2 nitrogen and oxygen atoms in total. The molecule has 0 radical (unpaired) electrons. The van der Waals surface area contributed by atoms with Crippen molar-refractivity contribution < 1.29 is 10.2 Å². The van der Waals surface area contributed by atoms with E-state index < -0.39 is 6.10 Å². The van der Waals surface area contributed by atoms with Crippen LogP contribution < -0.4 is 0 Å². The molecule has 2 heteroatoms. The van der Waals surface area contributed by atoms with E-state index in [2.05, 4.69) is 19.9 Å². The van der Waals surface area contributed by atoms with E-state index in [1.54, 1.807) is 0 Å². The minimum atomic E-state index is -0.448. The van der Waals surface area contributed by atoms with Crippen LogP contribution in [-0.2, 0) is 0 Å². The molecule has 2 N–H and O–H groups in total. The van der Waals surface area contributed by atoms with Gasteiger partial charge in [-0.15, -0.1) is 0 Å². The van der Waals surface area contributed by atoms with Crippen molar-refractivity contribution in [3.05, 3.63) is 34.4 Å². The van der Waals surface area contributed by atoms with E-state index in [1.807, 2.05) is 13.0 Å². The second-order valence-electron chi connectivity index (χ2n) is 4.17. The van der Waals surface area contributed by atoms with E-state index in [4.69, 9.17) is 5.11 Å². The Labute approximate surface area is 91.6 Å². The minimum absolute atomic E-state index is 0.140. The van der Waals surface area contributed by atoms with E-state index in [1.165, 1.54) is 11.1 Å². The molecular weight excluding hydrogens is 188 g/mol. The average molecular weight is 208 g/mol. The molecule has 0 aliphatic rings. The summed E-state index contributed by atoms with van der Waals surface area (Å²) in [4.78, 5) is 0. The van der Waals surface area contributed by atoms with Crippen molar-refractivity contribution >= 4 is 0 Å². The average Bonchev–Trinajstić information content (AvgIpc) is 2.20. The zero-order valence-electron chi connectivity index (χ0n) is 9.75. The summed E-state index contributed by atoms with van der Waals surface area (Å²) in [5, 5.41) is 18.7. The summed E-state index contributed by atoms with van der Waals surface area (Å²) >= 11 is 0. The molecule has 1 aromatic rings. The Kier molecular flexibility index (Phi) is 4.30. The van der Waals surface area contributed by atoms with Crippen molar-refractivity contribution in [1.29, 1.82) is 0 Å². The Morgan fingerprint density at radius 2 is 1.67 bits per heavy atom. The fourth-order valence-corrected chi connectivity index (χ4v) is 1.78. The lowest BCUT2D eigenvalue weighted by Gasteiger charge is -2.15. The first-order valence-corrected chi connectivity index (χ1v) is 5.43. The van der Waals surface area contributed by atoms with Crippen LogP contribution in [0.25, 0.3) is 0 Å². The van der Waals surface area contributed by atoms with Gasteiger partial charge in [0.2, 0.25) is 0 Å². The van der Waals surface area contributed by atoms with Gasteiger partial charge in [0.05, 0.1) is 6.10 Å². The van der Waals surface area contributed by atoms with Gasteiger partial charge in [0.15, 0.2) is 0 Å². The van der Waals surface area contributed by atoms with E-state index >= 15 is 0 Å². The Morgan fingerprint density at radius 3 is 2.27 bits per heavy atom. The van der Waals surface area contributed by atoms with Crippen molar-refractivity contribution in [2.45, 2.75) is 39.7 Å². The number of hydrogen-bond donors (Lipinski definition) is 2. The van der Waals surface area contributed by atoms with Gasteiger partial charge in [0.1, 0.15) is 0 Å². The van der Waals surface area contributed by atoms with Gasteiger partial charge in [-0.2, -0.15) is 0 Å². The summed E-state index contributed by atoms with van der Waals surface area (Å²) < 4.78 is 0. The van der Waals surface area contributed by atoms with E-state index in [0.717, 1.165) is 11.1 Å². The van der Waals surface area contributed by atoms with Crippen LogP contribution in [0.15, 0.2) is 12.1 Å². The first-order valence-electron chi connectivity index (χ1n) is 5.43. The maximum absolute atomic E-state index is 9.94. The Hall–Kier alpha value is -0.860. The van der Waals surface area contributed by atoms with E-state index in [-0.39, 0.29) is 6.61 Å². The Bertz CT molecular complexity index is 332. The molecule has 0 spiro atoms. The number of aryl methyl sites for hydroxylation is 3. The number of aliphatic hydroxyl groups is 2. The first kappa shape index (κ1) is 12.2. The predicted molar refractivity (Wildman–Crippen MR) is 61.9 cm³/mol. The number of rotatable bonds is 4. The van der Waals surface area contributed by atoms with Gasteiger partial charge < -0.3 is 10.2 Å². The van der Waals surface area contributed by atoms with E-state index in [0.29, 0.717) is 12.8 Å². The quantitative estimate of drug-likeness (QED) is 0.797. The van der Waals surface area contributed by atoms with Gasteiger partial charge in [-0.1, -0.05) is 12.1 Å². The zero-order chi connectivity index (χ0) is 11.4. The van der Waals surface area contributed by atoms with Gasteiger partial charge in [0.25, 0.3) is 0 Å². The van der Waals surface area contributed by atoms with Crippen LogP contribution in [-0.4, -0.2) is 16.8 Å². The maximum atomic E-state index is 9.94. The molecule has 0 amide bonds. The third-order valence-corrected chi connectivity index (χ3v) is 2.88. The summed E-state index contributed by atoms with van der Waals surface area (Å²) in [6, 6.07) is 4.15. The van der Waals surface area contributed by atoms with Crippen LogP contribution in [0.5, 0.6) is 0 Å². The van der Waals surface area contributed by atoms with Crippen molar-refractivity contribution in [3.8, 4) is 0 Å². The molecule has 0 bridgehead atoms. The first-order chi connectivity index (χ1) is 7.06. The molecule has 84 valence electrons. The van der Waals surface area contributed by atoms with E-state index in [9.17, 15) is 5.11 Å². The molecule has 1 atom stereocenters. The summed E-state index contributed by atoms with van der Waals surface area (Å²) in [5.74, 6) is 0. The van der Waals surface area contributed by atoms with Crippen LogP contribution in [0, 0.1) is 20.8 Å². The zero-order valence-corrected chi connectivity index (χ0v) is 9.75. The summed E-state index contributed by atoms with van der Waals surface area (Å²) in [6.45, 7) is 6.29. The number of aliphatic hydroxyl groups excluding tert-OH is 2. The van der Waals surface area contributed by atoms with Crippen molar-refractivity contribution in [1.82, 2.24) is 0 Å². The highest BCUT2D eigenvalue weighted by molar-refractivity contribution is 5.37. The Balaban J connectivity index is 2.88. The lowest BCUT2D eigenvalue weighted by molar-refractivity contribution is 0.151. The highest BCUT2D eigenvalue weighted by atomic mass is 16.3. The lowest BCUT2D eigenvalue weighted by Crippen LogP contribution is -2.02. The molecular formula is C13H20O2. The molecule has 0 aliphatic heterocycles. The highest BCUT2D eigenvalue weighted by Gasteiger charge is 2.11. The van der Waals surface area contributed by atoms with Crippen LogP contribution in [0.4, 0.5) is 0 Å². The number of hydrogen-bond acceptors (Lipinski definition) is 2. The summed E-state index contributed by atoms with van der Waals surface area (Å²) in [7, 11) is 0. The van der Waals surface area contributed by atoms with Gasteiger partial charge >= 0.3 is 0 Å². The molecule has 0 saturated heterocycles. The fourth-order valence-electron chi connectivity index (χ4n) is 1.78. The SMILES string of the molecule is Cc1cc(C)c(C(O)CCCO)cc1C. The second kappa shape index (κ2) is 5.29. The Morgan fingerprint density at radius 1 is 1.07 bits per heavy atom. The third kappa shape index (κ3) is 3.05. The normalized spacial score (nSPS) is 12.9.